The molecule has 2 aromatic heterocycles. The highest BCUT2D eigenvalue weighted by atomic mass is 32.2. The van der Waals surface area contributed by atoms with E-state index >= 15 is 0 Å². The minimum absolute atomic E-state index is 0.183. The van der Waals surface area contributed by atoms with Crippen LogP contribution in [0, 0.1) is 13.8 Å². The molecule has 1 unspecified atom stereocenters. The van der Waals surface area contributed by atoms with Crippen LogP contribution >= 0.6 is 0 Å². The number of hydrogen-bond donors (Lipinski definition) is 1. The molecule has 1 N–H and O–H groups in total. The fourth-order valence-electron chi connectivity index (χ4n) is 3.92. The minimum atomic E-state index is -3.52. The first-order chi connectivity index (χ1) is 14.7. The summed E-state index contributed by atoms with van der Waals surface area (Å²) in [6, 6.07) is 6.19. The first-order valence-corrected chi connectivity index (χ1v) is 11.6. The summed E-state index contributed by atoms with van der Waals surface area (Å²) in [5, 5.41) is 8.18. The number of H-pyrrole nitrogens is 1. The third-order valence-electron chi connectivity index (χ3n) is 5.78. The number of hydrogen-bond acceptors (Lipinski definition) is 6. The van der Waals surface area contributed by atoms with Crippen molar-refractivity contribution in [3.05, 3.63) is 51.1 Å². The first kappa shape index (κ1) is 21.6. The maximum absolute atomic E-state index is 12.7. The average molecular weight is 446 g/mol. The lowest BCUT2D eigenvalue weighted by molar-refractivity contribution is 0.293. The number of rotatable bonds is 5. The third kappa shape index (κ3) is 4.12. The van der Waals surface area contributed by atoms with Crippen LogP contribution in [0.2, 0.25) is 0 Å². The molecule has 31 heavy (non-hydrogen) atoms. The van der Waals surface area contributed by atoms with E-state index in [1.807, 2.05) is 13.8 Å². The second-order valence-electron chi connectivity index (χ2n) is 8.29. The molecule has 0 bridgehead atoms. The quantitative estimate of drug-likeness (QED) is 0.630. The van der Waals surface area contributed by atoms with Crippen LogP contribution in [-0.4, -0.2) is 69.2 Å². The van der Waals surface area contributed by atoms with Crippen molar-refractivity contribution >= 4 is 21.4 Å². The molecule has 1 saturated heterocycles. The van der Waals surface area contributed by atoms with Crippen LogP contribution in [0.1, 0.15) is 41.3 Å². The molecular weight excluding hydrogens is 418 g/mol. The average Bonchev–Trinajstić information content (AvgIpc) is 3.14. The molecule has 0 saturated carbocycles. The number of benzene rings is 1. The fraction of sp³-hybridized carbons (Fsp3) is 0.500. The van der Waals surface area contributed by atoms with Crippen molar-refractivity contribution < 1.29 is 8.42 Å². The van der Waals surface area contributed by atoms with Crippen LogP contribution in [0.25, 0.3) is 11.2 Å². The van der Waals surface area contributed by atoms with Gasteiger partial charge in [0.05, 0.1) is 6.54 Å². The van der Waals surface area contributed by atoms with E-state index in [1.165, 1.54) is 22.7 Å². The van der Waals surface area contributed by atoms with Crippen LogP contribution < -0.4 is 5.56 Å². The van der Waals surface area contributed by atoms with E-state index in [9.17, 15) is 13.2 Å². The molecule has 166 valence electrons. The Balaban J connectivity index is 1.69. The zero-order valence-corrected chi connectivity index (χ0v) is 19.0. The van der Waals surface area contributed by atoms with Gasteiger partial charge >= 0.3 is 0 Å². The molecule has 1 atom stereocenters. The van der Waals surface area contributed by atoms with E-state index in [2.05, 4.69) is 38.5 Å². The molecule has 0 spiro atoms. The summed E-state index contributed by atoms with van der Waals surface area (Å²) in [6.07, 6.45) is 1.44. The summed E-state index contributed by atoms with van der Waals surface area (Å²) in [6.45, 7) is 5.23. The summed E-state index contributed by atoms with van der Waals surface area (Å²) < 4.78 is 29.4. The summed E-state index contributed by atoms with van der Waals surface area (Å²) in [5.74, 6) is 0.269. The van der Waals surface area contributed by atoms with Gasteiger partial charge in [-0.1, -0.05) is 29.0 Å². The van der Waals surface area contributed by atoms with Gasteiger partial charge in [0, 0.05) is 33.1 Å². The Morgan fingerprint density at radius 3 is 2.77 bits per heavy atom. The largest absolute Gasteiger partial charge is 0.308 e. The van der Waals surface area contributed by atoms with Crippen molar-refractivity contribution in [3.8, 4) is 0 Å². The molecule has 0 radical (unpaired) electrons. The van der Waals surface area contributed by atoms with Crippen molar-refractivity contribution in [1.29, 1.82) is 0 Å². The summed E-state index contributed by atoms with van der Waals surface area (Å²) >= 11 is 0. The van der Waals surface area contributed by atoms with E-state index < -0.39 is 10.2 Å². The lowest BCUT2D eigenvalue weighted by Gasteiger charge is -2.32. The van der Waals surface area contributed by atoms with Crippen molar-refractivity contribution in [2.75, 3.05) is 27.2 Å². The van der Waals surface area contributed by atoms with Gasteiger partial charge in [0.2, 0.25) is 0 Å². The van der Waals surface area contributed by atoms with Crippen LogP contribution in [-0.2, 0) is 16.8 Å². The fourth-order valence-corrected chi connectivity index (χ4v) is 5.11. The Labute approximate surface area is 181 Å². The molecule has 1 aliphatic rings. The number of fused-ring (bicyclic) bond motifs is 1. The molecule has 0 amide bonds. The van der Waals surface area contributed by atoms with Gasteiger partial charge in [0.15, 0.2) is 11.2 Å². The van der Waals surface area contributed by atoms with E-state index in [1.54, 1.807) is 4.68 Å². The number of aromatic nitrogens is 5. The van der Waals surface area contributed by atoms with Gasteiger partial charge in [-0.25, -0.2) is 9.67 Å². The topological polar surface area (TPSA) is 117 Å². The number of aryl methyl sites for hydroxylation is 2. The molecule has 11 heteroatoms. The molecule has 4 rings (SSSR count). The minimum Gasteiger partial charge on any atom is -0.308 e. The number of piperidine rings is 1. The summed E-state index contributed by atoms with van der Waals surface area (Å²) in [7, 11) is -0.490. The maximum atomic E-state index is 12.7. The second-order valence-corrected chi connectivity index (χ2v) is 10.4. The SMILES string of the molecule is Cc1ccc(C)c(Cn2nnc3c(=O)[nH]c(C4CCCN(S(=O)(=O)N(C)C)C4)nc32)c1. The van der Waals surface area contributed by atoms with Gasteiger partial charge < -0.3 is 4.98 Å². The zero-order chi connectivity index (χ0) is 22.3. The van der Waals surface area contributed by atoms with Gasteiger partial charge in [-0.2, -0.15) is 17.0 Å². The molecule has 1 fully saturated rings. The van der Waals surface area contributed by atoms with Crippen LogP contribution in [0.4, 0.5) is 0 Å². The van der Waals surface area contributed by atoms with E-state index in [-0.39, 0.29) is 23.5 Å². The Hall–Kier alpha value is -2.63. The lowest BCUT2D eigenvalue weighted by atomic mass is 9.99. The highest BCUT2D eigenvalue weighted by Crippen LogP contribution is 2.27. The Morgan fingerprint density at radius 1 is 1.26 bits per heavy atom. The van der Waals surface area contributed by atoms with Gasteiger partial charge in [-0.05, 0) is 37.8 Å². The predicted molar refractivity (Wildman–Crippen MR) is 117 cm³/mol. The van der Waals surface area contributed by atoms with Crippen LogP contribution in [0.5, 0.6) is 0 Å². The molecule has 10 nitrogen and oxygen atoms in total. The normalized spacial score (nSPS) is 18.2. The lowest BCUT2D eigenvalue weighted by Crippen LogP contribution is -2.45. The summed E-state index contributed by atoms with van der Waals surface area (Å²) in [4.78, 5) is 20.1. The first-order valence-electron chi connectivity index (χ1n) is 10.2. The van der Waals surface area contributed by atoms with E-state index in [0.29, 0.717) is 31.0 Å². The smallest absolute Gasteiger partial charge is 0.281 e. The number of nitrogens with zero attached hydrogens (tertiary/aromatic N) is 6. The van der Waals surface area contributed by atoms with Gasteiger partial charge in [0.1, 0.15) is 5.82 Å². The molecule has 1 aromatic carbocycles. The molecule has 1 aliphatic heterocycles. The molecule has 3 aromatic rings. The number of aromatic amines is 1. The van der Waals surface area contributed by atoms with Crippen molar-refractivity contribution in [1.82, 2.24) is 33.6 Å². The second kappa shape index (κ2) is 8.13. The van der Waals surface area contributed by atoms with Crippen molar-refractivity contribution in [2.24, 2.45) is 0 Å². The van der Waals surface area contributed by atoms with Crippen LogP contribution in [0.3, 0.4) is 0 Å². The van der Waals surface area contributed by atoms with Crippen molar-refractivity contribution in [2.45, 2.75) is 39.2 Å². The highest BCUT2D eigenvalue weighted by molar-refractivity contribution is 7.86. The van der Waals surface area contributed by atoms with Crippen molar-refractivity contribution in [3.63, 3.8) is 0 Å². The molecular formula is C20H27N7O3S. The van der Waals surface area contributed by atoms with E-state index in [0.717, 1.165) is 23.1 Å². The Morgan fingerprint density at radius 2 is 2.03 bits per heavy atom. The third-order valence-corrected chi connectivity index (χ3v) is 7.68. The van der Waals surface area contributed by atoms with Crippen LogP contribution in [0.15, 0.2) is 23.0 Å². The Kier molecular flexibility index (Phi) is 5.67. The Bertz CT molecular complexity index is 1280. The van der Waals surface area contributed by atoms with Gasteiger partial charge in [-0.15, -0.1) is 5.10 Å². The van der Waals surface area contributed by atoms with E-state index in [4.69, 9.17) is 0 Å². The zero-order valence-electron chi connectivity index (χ0n) is 18.2. The predicted octanol–water partition coefficient (Wildman–Crippen LogP) is 1.17. The standard InChI is InChI=1S/C20H27N7O3S/c1-13-7-8-14(2)16(10-13)12-27-19-17(23-24-27)20(28)22-18(21-19)15-6-5-9-26(11-15)31(29,30)25(3)4/h7-8,10,15H,5-6,9,11-12H2,1-4H3,(H,21,22,28). The van der Waals surface area contributed by atoms with Gasteiger partial charge in [-0.3, -0.25) is 4.79 Å². The molecule has 3 heterocycles. The maximum Gasteiger partial charge on any atom is 0.281 e. The monoisotopic (exact) mass is 445 g/mol. The highest BCUT2D eigenvalue weighted by Gasteiger charge is 2.32. The molecule has 0 aliphatic carbocycles. The number of nitrogens with one attached hydrogen (secondary N) is 1. The summed E-state index contributed by atoms with van der Waals surface area (Å²) in [5.41, 5.74) is 3.57. The van der Waals surface area contributed by atoms with Gasteiger partial charge in [0.25, 0.3) is 15.8 Å².